The summed E-state index contributed by atoms with van der Waals surface area (Å²) >= 11 is 4.79. The fourth-order valence-electron chi connectivity index (χ4n) is 1.47. The first-order valence-electron chi connectivity index (χ1n) is 5.85. The maximum atomic E-state index is 11.7. The Morgan fingerprint density at radius 1 is 1.35 bits per heavy atom. The van der Waals surface area contributed by atoms with E-state index >= 15 is 0 Å². The average Bonchev–Trinajstić information content (AvgIpc) is 2.30. The highest BCUT2D eigenvalue weighted by Crippen LogP contribution is 2.12. The number of sulfonamides is 1. The zero-order valence-electron chi connectivity index (χ0n) is 11.0. The molecule has 0 atom stereocenters. The molecule has 0 bridgehead atoms. The number of benzene rings is 1. The fourth-order valence-corrected chi connectivity index (χ4v) is 2.59. The molecule has 0 aliphatic carbocycles. The molecule has 0 amide bonds. The molecule has 1 aromatic carbocycles. The van der Waals surface area contributed by atoms with Crippen molar-refractivity contribution in [2.75, 3.05) is 17.1 Å². The number of anilines is 1. The van der Waals surface area contributed by atoms with Gasteiger partial charge in [0.15, 0.2) is 5.75 Å². The fraction of sp³-hybridized carbons (Fsp3) is 0.333. The van der Waals surface area contributed by atoms with Crippen molar-refractivity contribution < 1.29 is 17.9 Å². The SMILES string of the molecule is CCOC(=O)CS(=O)(=O)Nc1ccc(CC(N)=S)cc1. The minimum absolute atomic E-state index is 0.141. The predicted octanol–water partition coefficient (Wildman–Crippen LogP) is 0.820. The third-order valence-electron chi connectivity index (χ3n) is 2.22. The van der Waals surface area contributed by atoms with Gasteiger partial charge in [0, 0.05) is 12.1 Å². The molecular formula is C12H16N2O4S2. The van der Waals surface area contributed by atoms with Crippen molar-refractivity contribution in [1.82, 2.24) is 0 Å². The first-order valence-corrected chi connectivity index (χ1v) is 7.92. The summed E-state index contributed by atoms with van der Waals surface area (Å²) in [4.78, 5) is 11.5. The van der Waals surface area contributed by atoms with E-state index < -0.39 is 21.7 Å². The number of hydrogen-bond acceptors (Lipinski definition) is 5. The predicted molar refractivity (Wildman–Crippen MR) is 81.0 cm³/mol. The summed E-state index contributed by atoms with van der Waals surface area (Å²) in [6.45, 7) is 1.75. The summed E-state index contributed by atoms with van der Waals surface area (Å²) < 4.78 is 30.3. The number of esters is 1. The van der Waals surface area contributed by atoms with E-state index in [1.807, 2.05) is 0 Å². The van der Waals surface area contributed by atoms with Crippen LogP contribution in [-0.2, 0) is 26.0 Å². The molecule has 6 nitrogen and oxygen atoms in total. The number of thiocarbonyl (C=S) groups is 1. The number of hydrogen-bond donors (Lipinski definition) is 2. The van der Waals surface area contributed by atoms with E-state index in [9.17, 15) is 13.2 Å². The van der Waals surface area contributed by atoms with Crippen LogP contribution in [0.2, 0.25) is 0 Å². The van der Waals surface area contributed by atoms with Gasteiger partial charge in [-0.15, -0.1) is 0 Å². The molecule has 0 aromatic heterocycles. The molecule has 0 unspecified atom stereocenters. The summed E-state index contributed by atoms with van der Waals surface area (Å²) in [5, 5.41) is 0. The third kappa shape index (κ3) is 5.98. The Bertz CT molecular complexity index is 582. The van der Waals surface area contributed by atoms with Crippen molar-refractivity contribution in [2.24, 2.45) is 5.73 Å². The minimum atomic E-state index is -3.77. The third-order valence-corrected chi connectivity index (χ3v) is 3.53. The molecule has 1 aromatic rings. The van der Waals surface area contributed by atoms with Gasteiger partial charge in [0.05, 0.1) is 11.6 Å². The van der Waals surface area contributed by atoms with Crippen LogP contribution in [0.3, 0.4) is 0 Å². The monoisotopic (exact) mass is 316 g/mol. The molecule has 20 heavy (non-hydrogen) atoms. The Hall–Kier alpha value is -1.67. The van der Waals surface area contributed by atoms with E-state index in [0.29, 0.717) is 17.1 Å². The minimum Gasteiger partial charge on any atom is -0.465 e. The van der Waals surface area contributed by atoms with Gasteiger partial charge in [-0.3, -0.25) is 9.52 Å². The van der Waals surface area contributed by atoms with E-state index in [1.165, 1.54) is 0 Å². The molecule has 3 N–H and O–H groups in total. The van der Waals surface area contributed by atoms with Gasteiger partial charge in [0.25, 0.3) is 0 Å². The highest BCUT2D eigenvalue weighted by Gasteiger charge is 2.17. The van der Waals surface area contributed by atoms with Crippen LogP contribution in [0.1, 0.15) is 12.5 Å². The van der Waals surface area contributed by atoms with Gasteiger partial charge >= 0.3 is 5.97 Å². The number of nitrogens with two attached hydrogens (primary N) is 1. The second-order valence-corrected chi connectivity index (χ2v) is 6.25. The molecule has 0 aliphatic heterocycles. The van der Waals surface area contributed by atoms with Crippen LogP contribution in [0.25, 0.3) is 0 Å². The van der Waals surface area contributed by atoms with Crippen LogP contribution in [-0.4, -0.2) is 31.7 Å². The Morgan fingerprint density at radius 3 is 2.45 bits per heavy atom. The first-order chi connectivity index (χ1) is 9.32. The molecule has 110 valence electrons. The normalized spacial score (nSPS) is 10.8. The van der Waals surface area contributed by atoms with Crippen molar-refractivity contribution in [3.63, 3.8) is 0 Å². The lowest BCUT2D eigenvalue weighted by atomic mass is 10.1. The number of rotatable bonds is 7. The van der Waals surface area contributed by atoms with Crippen molar-refractivity contribution in [1.29, 1.82) is 0 Å². The zero-order chi connectivity index (χ0) is 15.2. The summed E-state index contributed by atoms with van der Waals surface area (Å²) in [5.41, 5.74) is 6.66. The highest BCUT2D eigenvalue weighted by atomic mass is 32.2. The maximum Gasteiger partial charge on any atom is 0.323 e. The number of nitrogens with one attached hydrogen (secondary N) is 1. The van der Waals surface area contributed by atoms with Gasteiger partial charge in [-0.25, -0.2) is 8.42 Å². The van der Waals surface area contributed by atoms with E-state index in [1.54, 1.807) is 31.2 Å². The van der Waals surface area contributed by atoms with Gasteiger partial charge in [-0.2, -0.15) is 0 Å². The van der Waals surface area contributed by atoms with Crippen molar-refractivity contribution in [2.45, 2.75) is 13.3 Å². The van der Waals surface area contributed by atoms with Crippen LogP contribution in [0, 0.1) is 0 Å². The molecular weight excluding hydrogens is 300 g/mol. The average molecular weight is 316 g/mol. The van der Waals surface area contributed by atoms with Crippen molar-refractivity contribution in [3.8, 4) is 0 Å². The number of carbonyl (C=O) groups is 1. The Morgan fingerprint density at radius 2 is 1.95 bits per heavy atom. The lowest BCUT2D eigenvalue weighted by molar-refractivity contribution is -0.139. The van der Waals surface area contributed by atoms with Gasteiger partial charge in [-0.1, -0.05) is 24.4 Å². The molecule has 8 heteroatoms. The lowest BCUT2D eigenvalue weighted by Crippen LogP contribution is -2.24. The summed E-state index contributed by atoms with van der Waals surface area (Å²) in [6.07, 6.45) is 0.450. The molecule has 0 spiro atoms. The van der Waals surface area contributed by atoms with Gasteiger partial charge in [0.1, 0.15) is 0 Å². The molecule has 0 aliphatic rings. The number of carbonyl (C=O) groups excluding carboxylic acids is 1. The number of ether oxygens (including phenoxy) is 1. The zero-order valence-corrected chi connectivity index (χ0v) is 12.6. The van der Waals surface area contributed by atoms with Crippen molar-refractivity contribution in [3.05, 3.63) is 29.8 Å². The Balaban J connectivity index is 2.68. The molecule has 0 heterocycles. The quantitative estimate of drug-likeness (QED) is 0.571. The molecule has 1 rings (SSSR count). The summed E-state index contributed by atoms with van der Waals surface area (Å²) in [6, 6.07) is 6.58. The standard InChI is InChI=1S/C12H16N2O4S2/c1-2-18-12(15)8-20(16,17)14-10-5-3-9(4-6-10)7-11(13)19/h3-6,14H,2,7-8H2,1H3,(H2,13,19). The van der Waals surface area contributed by atoms with Crippen LogP contribution < -0.4 is 10.5 Å². The van der Waals surface area contributed by atoms with Gasteiger partial charge in [-0.05, 0) is 24.6 Å². The maximum absolute atomic E-state index is 11.7. The largest absolute Gasteiger partial charge is 0.465 e. The van der Waals surface area contributed by atoms with E-state index in [2.05, 4.69) is 9.46 Å². The van der Waals surface area contributed by atoms with Gasteiger partial charge in [0.2, 0.25) is 10.0 Å². The smallest absolute Gasteiger partial charge is 0.323 e. The van der Waals surface area contributed by atoms with Crippen LogP contribution in [0.15, 0.2) is 24.3 Å². The summed E-state index contributed by atoms with van der Waals surface area (Å²) in [7, 11) is -3.77. The Kier molecular flexibility index (Phi) is 5.90. The van der Waals surface area contributed by atoms with Crippen LogP contribution in [0.5, 0.6) is 0 Å². The second-order valence-electron chi connectivity index (χ2n) is 4.01. The lowest BCUT2D eigenvalue weighted by Gasteiger charge is -2.08. The molecule has 0 saturated carbocycles. The first kappa shape index (κ1) is 16.4. The van der Waals surface area contributed by atoms with Crippen LogP contribution >= 0.6 is 12.2 Å². The molecule has 0 saturated heterocycles. The Labute approximate surface area is 123 Å². The van der Waals surface area contributed by atoms with Crippen molar-refractivity contribution >= 4 is 38.9 Å². The van der Waals surface area contributed by atoms with E-state index in [0.717, 1.165) is 5.56 Å². The topological polar surface area (TPSA) is 98.5 Å². The summed E-state index contributed by atoms with van der Waals surface area (Å²) in [5.74, 6) is -1.50. The van der Waals surface area contributed by atoms with E-state index in [-0.39, 0.29) is 6.61 Å². The highest BCUT2D eigenvalue weighted by molar-refractivity contribution is 7.93. The van der Waals surface area contributed by atoms with Gasteiger partial charge < -0.3 is 10.5 Å². The van der Waals surface area contributed by atoms with Crippen LogP contribution in [0.4, 0.5) is 5.69 Å². The van der Waals surface area contributed by atoms with E-state index in [4.69, 9.17) is 18.0 Å². The second kappa shape index (κ2) is 7.20. The molecule has 0 fully saturated rings. The molecule has 0 radical (unpaired) electrons.